The number of nitrogen functional groups attached to an aromatic ring is 1. The van der Waals surface area contributed by atoms with E-state index in [9.17, 15) is 0 Å². The van der Waals surface area contributed by atoms with E-state index in [4.69, 9.17) is 10.7 Å². The van der Waals surface area contributed by atoms with Crippen molar-refractivity contribution in [1.29, 1.82) is 0 Å². The minimum atomic E-state index is -0.0729. The molecule has 2 heterocycles. The van der Waals surface area contributed by atoms with Crippen molar-refractivity contribution in [2.45, 2.75) is 65.7 Å². The van der Waals surface area contributed by atoms with Crippen LogP contribution in [0.2, 0.25) is 0 Å². The first-order valence-electron chi connectivity index (χ1n) is 8.19. The van der Waals surface area contributed by atoms with Gasteiger partial charge in [0.25, 0.3) is 0 Å². The highest BCUT2D eigenvalue weighted by Crippen LogP contribution is 2.39. The van der Waals surface area contributed by atoms with E-state index in [0.29, 0.717) is 11.2 Å². The molecule has 2 rings (SSSR count). The van der Waals surface area contributed by atoms with Gasteiger partial charge in [0.1, 0.15) is 17.5 Å². The van der Waals surface area contributed by atoms with E-state index in [-0.39, 0.29) is 5.41 Å². The average molecular weight is 290 g/mol. The van der Waals surface area contributed by atoms with Crippen LogP contribution in [0, 0.1) is 5.41 Å². The monoisotopic (exact) mass is 290 g/mol. The molecule has 1 aliphatic rings. The number of rotatable bonds is 3. The van der Waals surface area contributed by atoms with Gasteiger partial charge in [0.2, 0.25) is 0 Å². The molecule has 1 aromatic heterocycles. The quantitative estimate of drug-likeness (QED) is 0.921. The van der Waals surface area contributed by atoms with Crippen LogP contribution in [0.25, 0.3) is 0 Å². The zero-order chi connectivity index (χ0) is 15.7. The Bertz CT molecular complexity index is 476. The zero-order valence-corrected chi connectivity index (χ0v) is 14.2. The number of hydrogen-bond donors (Lipinski definition) is 1. The Hall–Kier alpha value is -1.32. The molecule has 1 saturated heterocycles. The summed E-state index contributed by atoms with van der Waals surface area (Å²) in [6.45, 7) is 13.2. The maximum atomic E-state index is 5.99. The van der Waals surface area contributed by atoms with Crippen LogP contribution in [0.4, 0.5) is 11.6 Å². The smallest absolute Gasteiger partial charge is 0.138 e. The highest BCUT2D eigenvalue weighted by atomic mass is 15.2. The van der Waals surface area contributed by atoms with Crippen molar-refractivity contribution < 1.29 is 0 Å². The third kappa shape index (κ3) is 3.47. The molecule has 21 heavy (non-hydrogen) atoms. The number of piperidine rings is 1. The molecule has 0 aromatic carbocycles. The van der Waals surface area contributed by atoms with Crippen LogP contribution >= 0.6 is 0 Å². The number of nitrogens with zero attached hydrogens (tertiary/aromatic N) is 3. The molecule has 0 radical (unpaired) electrons. The van der Waals surface area contributed by atoms with Crippen LogP contribution in [0.3, 0.4) is 0 Å². The van der Waals surface area contributed by atoms with Crippen LogP contribution in [0.5, 0.6) is 0 Å². The first-order valence-corrected chi connectivity index (χ1v) is 8.19. The van der Waals surface area contributed by atoms with E-state index in [2.05, 4.69) is 44.5 Å². The Labute approximate surface area is 129 Å². The summed E-state index contributed by atoms with van der Waals surface area (Å²) in [5.74, 6) is 2.40. The van der Waals surface area contributed by atoms with Gasteiger partial charge in [-0.1, -0.05) is 47.5 Å². The second-order valence-electron chi connectivity index (χ2n) is 7.42. The van der Waals surface area contributed by atoms with Crippen molar-refractivity contribution >= 4 is 11.6 Å². The highest BCUT2D eigenvalue weighted by molar-refractivity contribution is 5.48. The molecule has 4 heteroatoms. The summed E-state index contributed by atoms with van der Waals surface area (Å²) in [5.41, 5.74) is 6.45. The molecule has 0 bridgehead atoms. The summed E-state index contributed by atoms with van der Waals surface area (Å²) in [7, 11) is 0. The van der Waals surface area contributed by atoms with Crippen molar-refractivity contribution in [3.05, 3.63) is 11.9 Å². The maximum absolute atomic E-state index is 5.99. The van der Waals surface area contributed by atoms with Crippen LogP contribution < -0.4 is 10.6 Å². The summed E-state index contributed by atoms with van der Waals surface area (Å²) in [4.78, 5) is 11.5. The highest BCUT2D eigenvalue weighted by Gasteiger charge is 2.32. The van der Waals surface area contributed by atoms with Gasteiger partial charge in [-0.15, -0.1) is 0 Å². The molecule has 0 saturated carbocycles. The fraction of sp³-hybridized carbons (Fsp3) is 0.765. The number of hydrogen-bond acceptors (Lipinski definition) is 4. The van der Waals surface area contributed by atoms with Crippen molar-refractivity contribution in [2.24, 2.45) is 5.41 Å². The second kappa shape index (κ2) is 5.82. The predicted molar refractivity (Wildman–Crippen MR) is 89.6 cm³/mol. The van der Waals surface area contributed by atoms with Crippen molar-refractivity contribution in [2.75, 3.05) is 23.7 Å². The number of nitrogens with two attached hydrogens (primary N) is 1. The van der Waals surface area contributed by atoms with Gasteiger partial charge in [0.05, 0.1) is 0 Å². The van der Waals surface area contributed by atoms with Gasteiger partial charge in [-0.3, -0.25) is 0 Å². The van der Waals surface area contributed by atoms with Gasteiger partial charge in [-0.05, 0) is 18.3 Å². The number of aromatic nitrogens is 2. The zero-order valence-electron chi connectivity index (χ0n) is 14.2. The van der Waals surface area contributed by atoms with E-state index in [1.807, 2.05) is 6.07 Å². The Morgan fingerprint density at radius 1 is 1.14 bits per heavy atom. The lowest BCUT2D eigenvalue weighted by Gasteiger charge is -2.41. The Morgan fingerprint density at radius 2 is 1.71 bits per heavy atom. The van der Waals surface area contributed by atoms with Gasteiger partial charge < -0.3 is 10.6 Å². The van der Waals surface area contributed by atoms with E-state index in [1.54, 1.807) is 0 Å². The van der Waals surface area contributed by atoms with Crippen LogP contribution in [0.15, 0.2) is 6.07 Å². The van der Waals surface area contributed by atoms with Gasteiger partial charge in [-0.2, -0.15) is 0 Å². The molecule has 0 atom stereocenters. The largest absolute Gasteiger partial charge is 0.384 e. The molecule has 0 amide bonds. The van der Waals surface area contributed by atoms with Gasteiger partial charge in [0.15, 0.2) is 0 Å². The van der Waals surface area contributed by atoms with Crippen LogP contribution in [0.1, 0.15) is 66.1 Å². The summed E-state index contributed by atoms with van der Waals surface area (Å²) in [6.07, 6.45) is 5.04. The van der Waals surface area contributed by atoms with E-state index in [0.717, 1.165) is 24.7 Å². The topological polar surface area (TPSA) is 55.0 Å². The van der Waals surface area contributed by atoms with Crippen LogP contribution in [-0.2, 0) is 5.41 Å². The lowest BCUT2D eigenvalue weighted by atomic mass is 9.74. The normalized spacial score (nSPS) is 18.8. The molecule has 118 valence electrons. The maximum Gasteiger partial charge on any atom is 0.138 e. The molecule has 0 spiro atoms. The lowest BCUT2D eigenvalue weighted by Crippen LogP contribution is -2.40. The molecule has 4 nitrogen and oxygen atoms in total. The molecular weight excluding hydrogens is 260 g/mol. The molecule has 0 unspecified atom stereocenters. The Balaban J connectivity index is 2.19. The lowest BCUT2D eigenvalue weighted by molar-refractivity contribution is 0.199. The van der Waals surface area contributed by atoms with E-state index >= 15 is 0 Å². The predicted octanol–water partition coefficient (Wildman–Crippen LogP) is 3.76. The van der Waals surface area contributed by atoms with Crippen molar-refractivity contribution in [1.82, 2.24) is 9.97 Å². The van der Waals surface area contributed by atoms with Gasteiger partial charge in [0, 0.05) is 24.6 Å². The van der Waals surface area contributed by atoms with Crippen molar-refractivity contribution in [3.63, 3.8) is 0 Å². The Kier molecular flexibility index (Phi) is 4.45. The van der Waals surface area contributed by atoms with Gasteiger partial charge >= 0.3 is 0 Å². The fourth-order valence-electron chi connectivity index (χ4n) is 3.12. The fourth-order valence-corrected chi connectivity index (χ4v) is 3.12. The standard InChI is InChI=1S/C17H30N4/c1-6-17(7-2)8-10-21(11-9-17)14-12-13(18)19-15(20-14)16(3,4)5/h12H,6-11H2,1-5H3,(H2,18,19,20). The molecule has 1 aromatic rings. The molecule has 0 aliphatic carbocycles. The Morgan fingerprint density at radius 3 is 2.19 bits per heavy atom. The SMILES string of the molecule is CCC1(CC)CCN(c2cc(N)nc(C(C)(C)C)n2)CC1. The molecule has 1 aliphatic heterocycles. The molecular formula is C17H30N4. The third-order valence-corrected chi connectivity index (χ3v) is 5.05. The van der Waals surface area contributed by atoms with E-state index < -0.39 is 0 Å². The van der Waals surface area contributed by atoms with E-state index in [1.165, 1.54) is 25.7 Å². The average Bonchev–Trinajstić information content (AvgIpc) is 2.46. The summed E-state index contributed by atoms with van der Waals surface area (Å²) >= 11 is 0. The van der Waals surface area contributed by atoms with Crippen molar-refractivity contribution in [3.8, 4) is 0 Å². The summed E-state index contributed by atoms with van der Waals surface area (Å²) < 4.78 is 0. The summed E-state index contributed by atoms with van der Waals surface area (Å²) in [5, 5.41) is 0. The molecule has 1 fully saturated rings. The summed E-state index contributed by atoms with van der Waals surface area (Å²) in [6, 6.07) is 1.92. The third-order valence-electron chi connectivity index (χ3n) is 5.05. The molecule has 2 N–H and O–H groups in total. The first kappa shape index (κ1) is 16.1. The first-order chi connectivity index (χ1) is 9.79. The minimum absolute atomic E-state index is 0.0729. The number of anilines is 2. The van der Waals surface area contributed by atoms with Gasteiger partial charge in [-0.25, -0.2) is 9.97 Å². The van der Waals surface area contributed by atoms with Crippen LogP contribution in [-0.4, -0.2) is 23.1 Å². The second-order valence-corrected chi connectivity index (χ2v) is 7.42. The minimum Gasteiger partial charge on any atom is -0.384 e.